The summed E-state index contributed by atoms with van der Waals surface area (Å²) in [5, 5.41) is 3.89. The number of halogens is 1. The molecule has 0 saturated carbocycles. The summed E-state index contributed by atoms with van der Waals surface area (Å²) in [7, 11) is 0. The second-order valence-corrected chi connectivity index (χ2v) is 5.75. The number of hydrogen-bond donors (Lipinski definition) is 1. The molecule has 3 nitrogen and oxygen atoms in total. The average molecular weight is 299 g/mol. The second kappa shape index (κ2) is 6.15. The highest BCUT2D eigenvalue weighted by Crippen LogP contribution is 2.20. The first kappa shape index (κ1) is 14.2. The molecule has 1 aromatic heterocycles. The Kier molecular flexibility index (Phi) is 5.12. The number of carbonyl (C=O) groups is 1. The van der Waals surface area contributed by atoms with Crippen molar-refractivity contribution in [1.29, 1.82) is 0 Å². The van der Waals surface area contributed by atoms with Gasteiger partial charge in [0.25, 0.3) is 5.91 Å². The van der Waals surface area contributed by atoms with Gasteiger partial charge >= 0.3 is 0 Å². The zero-order valence-corrected chi connectivity index (χ0v) is 12.2. The number of aromatic nitrogens is 1. The van der Waals surface area contributed by atoms with Crippen LogP contribution in [0.4, 0.5) is 0 Å². The van der Waals surface area contributed by atoms with Gasteiger partial charge in [-0.15, -0.1) is 0 Å². The third-order valence-corrected chi connectivity index (χ3v) is 3.12. The summed E-state index contributed by atoms with van der Waals surface area (Å²) in [5.41, 5.74) is 1.52. The summed E-state index contributed by atoms with van der Waals surface area (Å²) in [5.74, 6) is -0.0919. The van der Waals surface area contributed by atoms with E-state index >= 15 is 0 Å². The molecule has 0 aliphatic carbocycles. The molecule has 0 bridgehead atoms. The molecule has 17 heavy (non-hydrogen) atoms. The van der Waals surface area contributed by atoms with Gasteiger partial charge in [-0.25, -0.2) is 0 Å². The number of amides is 1. The van der Waals surface area contributed by atoms with Crippen molar-refractivity contribution in [3.05, 3.63) is 29.6 Å². The van der Waals surface area contributed by atoms with Crippen LogP contribution in [0.15, 0.2) is 18.3 Å². The molecule has 0 radical (unpaired) electrons. The predicted octanol–water partition coefficient (Wildman–Crippen LogP) is 2.93. The maximum atomic E-state index is 11.9. The molecule has 0 saturated heterocycles. The summed E-state index contributed by atoms with van der Waals surface area (Å²) in [6.07, 6.45) is 2.67. The maximum Gasteiger partial charge on any atom is 0.270 e. The number of pyridine rings is 1. The van der Waals surface area contributed by atoms with E-state index in [2.05, 4.69) is 40.1 Å². The van der Waals surface area contributed by atoms with Crippen LogP contribution in [0.5, 0.6) is 0 Å². The van der Waals surface area contributed by atoms with E-state index in [-0.39, 0.29) is 11.3 Å². The van der Waals surface area contributed by atoms with Gasteiger partial charge in [-0.1, -0.05) is 35.8 Å². The summed E-state index contributed by atoms with van der Waals surface area (Å²) in [6, 6.07) is 3.73. The van der Waals surface area contributed by atoms with Gasteiger partial charge < -0.3 is 5.32 Å². The van der Waals surface area contributed by atoms with Crippen LogP contribution in [0.3, 0.4) is 0 Å². The fraction of sp³-hybridized carbons (Fsp3) is 0.538. The van der Waals surface area contributed by atoms with Crippen molar-refractivity contribution >= 4 is 21.8 Å². The number of alkyl halides is 1. The fourth-order valence-electron chi connectivity index (χ4n) is 1.47. The van der Waals surface area contributed by atoms with Crippen LogP contribution in [-0.2, 0) is 0 Å². The highest BCUT2D eigenvalue weighted by Gasteiger charge is 2.19. The van der Waals surface area contributed by atoms with Gasteiger partial charge in [0.1, 0.15) is 5.69 Å². The summed E-state index contributed by atoms with van der Waals surface area (Å²) < 4.78 is 0. The van der Waals surface area contributed by atoms with Gasteiger partial charge in [0.05, 0.1) is 0 Å². The zero-order valence-electron chi connectivity index (χ0n) is 10.6. The van der Waals surface area contributed by atoms with Gasteiger partial charge in [0.2, 0.25) is 0 Å². The average Bonchev–Trinajstić information content (AvgIpc) is 2.27. The minimum atomic E-state index is -0.0919. The SMILES string of the molecule is Cc1cccnc1C(=O)NCC(C)(C)CCBr. The molecule has 1 N–H and O–H groups in total. The molecular formula is C13H19BrN2O. The number of rotatable bonds is 5. The summed E-state index contributed by atoms with van der Waals surface area (Å²) >= 11 is 3.42. The van der Waals surface area contributed by atoms with Crippen LogP contribution in [0.2, 0.25) is 0 Å². The lowest BCUT2D eigenvalue weighted by molar-refractivity contribution is 0.0930. The van der Waals surface area contributed by atoms with Crippen molar-refractivity contribution < 1.29 is 4.79 Å². The van der Waals surface area contributed by atoms with Crippen molar-refractivity contribution in [3.8, 4) is 0 Å². The number of nitrogens with zero attached hydrogens (tertiary/aromatic N) is 1. The third-order valence-electron chi connectivity index (χ3n) is 2.72. The molecule has 1 rings (SSSR count). The topological polar surface area (TPSA) is 42.0 Å². The van der Waals surface area contributed by atoms with E-state index in [1.165, 1.54) is 0 Å². The van der Waals surface area contributed by atoms with Crippen molar-refractivity contribution in [2.45, 2.75) is 27.2 Å². The normalized spacial score (nSPS) is 11.3. The first-order valence-electron chi connectivity index (χ1n) is 5.72. The number of aryl methyl sites for hydroxylation is 1. The van der Waals surface area contributed by atoms with E-state index in [0.717, 1.165) is 17.3 Å². The quantitative estimate of drug-likeness (QED) is 0.849. The van der Waals surface area contributed by atoms with Crippen molar-refractivity contribution in [1.82, 2.24) is 10.3 Å². The van der Waals surface area contributed by atoms with E-state index in [1.54, 1.807) is 6.20 Å². The van der Waals surface area contributed by atoms with E-state index in [4.69, 9.17) is 0 Å². The highest BCUT2D eigenvalue weighted by atomic mass is 79.9. The van der Waals surface area contributed by atoms with Gasteiger partial charge in [-0.3, -0.25) is 9.78 Å². The number of hydrogen-bond acceptors (Lipinski definition) is 2. The standard InChI is InChI=1S/C13H19BrN2O/c1-10-5-4-8-15-11(10)12(17)16-9-13(2,3)6-7-14/h4-5,8H,6-7,9H2,1-3H3,(H,16,17). The molecule has 0 atom stereocenters. The molecule has 0 spiro atoms. The number of carbonyl (C=O) groups excluding carboxylic acids is 1. The Hall–Kier alpha value is -0.900. The summed E-state index contributed by atoms with van der Waals surface area (Å²) in [6.45, 7) is 6.83. The number of nitrogens with one attached hydrogen (secondary N) is 1. The molecule has 0 fully saturated rings. The van der Waals surface area contributed by atoms with Crippen molar-refractivity contribution in [3.63, 3.8) is 0 Å². The van der Waals surface area contributed by atoms with Gasteiger partial charge in [-0.2, -0.15) is 0 Å². The molecule has 94 valence electrons. The molecular weight excluding hydrogens is 280 g/mol. The van der Waals surface area contributed by atoms with Crippen LogP contribution in [0.1, 0.15) is 36.3 Å². The van der Waals surface area contributed by atoms with E-state index in [0.29, 0.717) is 12.2 Å². The zero-order chi connectivity index (χ0) is 12.9. The molecule has 4 heteroatoms. The van der Waals surface area contributed by atoms with E-state index < -0.39 is 0 Å². The van der Waals surface area contributed by atoms with Crippen LogP contribution >= 0.6 is 15.9 Å². The fourth-order valence-corrected chi connectivity index (χ4v) is 2.54. The molecule has 0 aliphatic heterocycles. The molecule has 1 heterocycles. The lowest BCUT2D eigenvalue weighted by Crippen LogP contribution is -2.35. The minimum Gasteiger partial charge on any atom is -0.350 e. The predicted molar refractivity (Wildman–Crippen MR) is 73.5 cm³/mol. The Morgan fingerprint density at radius 1 is 1.53 bits per heavy atom. The Morgan fingerprint density at radius 2 is 2.24 bits per heavy atom. The summed E-state index contributed by atoms with van der Waals surface area (Å²) in [4.78, 5) is 16.0. The first-order valence-corrected chi connectivity index (χ1v) is 6.84. The van der Waals surface area contributed by atoms with E-state index in [1.807, 2.05) is 19.1 Å². The van der Waals surface area contributed by atoms with Crippen LogP contribution in [0.25, 0.3) is 0 Å². The molecule has 1 aromatic rings. The first-order chi connectivity index (χ1) is 7.96. The van der Waals surface area contributed by atoms with Crippen LogP contribution in [-0.4, -0.2) is 22.8 Å². The highest BCUT2D eigenvalue weighted by molar-refractivity contribution is 9.09. The van der Waals surface area contributed by atoms with Crippen molar-refractivity contribution in [2.75, 3.05) is 11.9 Å². The minimum absolute atomic E-state index is 0.0919. The van der Waals surface area contributed by atoms with Gasteiger partial charge in [0, 0.05) is 18.1 Å². The lowest BCUT2D eigenvalue weighted by atomic mass is 9.90. The monoisotopic (exact) mass is 298 g/mol. The molecule has 1 amide bonds. The van der Waals surface area contributed by atoms with Gasteiger partial charge in [0.15, 0.2) is 0 Å². The van der Waals surface area contributed by atoms with Gasteiger partial charge in [-0.05, 0) is 30.4 Å². The largest absolute Gasteiger partial charge is 0.350 e. The Balaban J connectivity index is 2.59. The molecule has 0 aliphatic rings. The maximum absolute atomic E-state index is 11.9. The van der Waals surface area contributed by atoms with Crippen LogP contribution < -0.4 is 5.32 Å². The third kappa shape index (κ3) is 4.46. The lowest BCUT2D eigenvalue weighted by Gasteiger charge is -2.23. The smallest absolute Gasteiger partial charge is 0.270 e. The molecule has 0 unspecified atom stereocenters. The van der Waals surface area contributed by atoms with Crippen molar-refractivity contribution in [2.24, 2.45) is 5.41 Å². The molecule has 0 aromatic carbocycles. The van der Waals surface area contributed by atoms with Crippen LogP contribution in [0, 0.1) is 12.3 Å². The van der Waals surface area contributed by atoms with E-state index in [9.17, 15) is 4.79 Å². The Labute approximate surface area is 111 Å². The Morgan fingerprint density at radius 3 is 2.82 bits per heavy atom. The Bertz CT molecular complexity index is 391. The second-order valence-electron chi connectivity index (χ2n) is 4.95.